The number of benzene rings is 1. The van der Waals surface area contributed by atoms with E-state index in [0.717, 1.165) is 11.3 Å². The topological polar surface area (TPSA) is 67.9 Å². The monoisotopic (exact) mass is 388 g/mol. The van der Waals surface area contributed by atoms with Crippen molar-refractivity contribution in [1.29, 1.82) is 0 Å². The van der Waals surface area contributed by atoms with Crippen LogP contribution in [0.3, 0.4) is 0 Å². The van der Waals surface area contributed by atoms with Crippen LogP contribution in [0, 0.1) is 5.92 Å². The van der Waals surface area contributed by atoms with Gasteiger partial charge in [-0.05, 0) is 29.1 Å². The van der Waals surface area contributed by atoms with E-state index in [4.69, 9.17) is 9.47 Å². The van der Waals surface area contributed by atoms with Crippen LogP contribution in [0.5, 0.6) is 5.75 Å². The number of carbonyl (C=O) groups excluding carboxylic acids is 2. The maximum absolute atomic E-state index is 12.8. The Morgan fingerprint density at radius 3 is 2.59 bits per heavy atom. The summed E-state index contributed by atoms with van der Waals surface area (Å²) < 4.78 is 10.2. The number of likely N-dealkylation sites (tertiary alicyclic amines) is 1. The zero-order valence-electron chi connectivity index (χ0n) is 15.5. The number of ether oxygens (including phenoxy) is 2. The molecule has 144 valence electrons. The first kappa shape index (κ1) is 19.4. The molecule has 1 N–H and O–H groups in total. The Kier molecular flexibility index (Phi) is 6.47. The summed E-state index contributed by atoms with van der Waals surface area (Å²) >= 11 is 1.42. The third kappa shape index (κ3) is 4.48. The van der Waals surface area contributed by atoms with Crippen LogP contribution in [0.15, 0.2) is 41.8 Å². The molecule has 0 radical (unpaired) electrons. The number of hydrogen-bond acceptors (Lipinski definition) is 5. The van der Waals surface area contributed by atoms with Crippen LogP contribution < -0.4 is 10.1 Å². The molecule has 0 bridgehead atoms. The molecule has 2 aromatic rings. The van der Waals surface area contributed by atoms with Gasteiger partial charge in [0.2, 0.25) is 5.91 Å². The van der Waals surface area contributed by atoms with E-state index in [1.165, 1.54) is 11.3 Å². The average molecular weight is 388 g/mol. The van der Waals surface area contributed by atoms with E-state index in [0.29, 0.717) is 31.1 Å². The number of methoxy groups -OCH3 is 2. The van der Waals surface area contributed by atoms with Crippen molar-refractivity contribution in [3.8, 4) is 5.75 Å². The summed E-state index contributed by atoms with van der Waals surface area (Å²) in [7, 11) is 3.22. The molecular formula is C20H24N2O4S. The molecule has 2 amide bonds. The Labute approximate surface area is 163 Å². The number of carbonyl (C=O) groups is 2. The Balaban J connectivity index is 1.79. The minimum absolute atomic E-state index is 0.0179. The Bertz CT molecular complexity index is 761. The van der Waals surface area contributed by atoms with Crippen LogP contribution in [0.2, 0.25) is 0 Å². The quantitative estimate of drug-likeness (QED) is 0.740. The molecule has 1 fully saturated rings. The van der Waals surface area contributed by atoms with Crippen LogP contribution in [0.4, 0.5) is 0 Å². The highest BCUT2D eigenvalue weighted by Crippen LogP contribution is 2.34. The van der Waals surface area contributed by atoms with Crippen molar-refractivity contribution in [3.63, 3.8) is 0 Å². The second-order valence-electron chi connectivity index (χ2n) is 6.46. The second-order valence-corrected chi connectivity index (χ2v) is 7.41. The maximum atomic E-state index is 12.8. The SMILES string of the molecule is COCCNC(=O)[C@@H]1CN(C(=O)c2cccs2)C[C@H]1c1ccc(OC)cc1. The van der Waals surface area contributed by atoms with Crippen molar-refractivity contribution >= 4 is 23.2 Å². The molecule has 1 aromatic carbocycles. The summed E-state index contributed by atoms with van der Waals surface area (Å²) in [5, 5.41) is 4.81. The molecule has 2 atom stereocenters. The van der Waals surface area contributed by atoms with E-state index in [2.05, 4.69) is 5.32 Å². The number of amides is 2. The molecule has 1 aliphatic heterocycles. The van der Waals surface area contributed by atoms with Crippen molar-refractivity contribution < 1.29 is 19.1 Å². The predicted molar refractivity (Wildman–Crippen MR) is 104 cm³/mol. The van der Waals surface area contributed by atoms with Gasteiger partial charge in [-0.1, -0.05) is 18.2 Å². The van der Waals surface area contributed by atoms with Crippen molar-refractivity contribution in [2.45, 2.75) is 5.92 Å². The van der Waals surface area contributed by atoms with E-state index >= 15 is 0 Å². The Morgan fingerprint density at radius 1 is 1.19 bits per heavy atom. The molecule has 0 unspecified atom stereocenters. The zero-order chi connectivity index (χ0) is 19.2. The Morgan fingerprint density at radius 2 is 1.96 bits per heavy atom. The third-order valence-electron chi connectivity index (χ3n) is 4.83. The highest BCUT2D eigenvalue weighted by atomic mass is 32.1. The van der Waals surface area contributed by atoms with Gasteiger partial charge < -0.3 is 19.7 Å². The summed E-state index contributed by atoms with van der Waals surface area (Å²) in [5.41, 5.74) is 1.03. The average Bonchev–Trinajstić information content (AvgIpc) is 3.38. The van der Waals surface area contributed by atoms with Gasteiger partial charge >= 0.3 is 0 Å². The molecule has 6 nitrogen and oxygen atoms in total. The van der Waals surface area contributed by atoms with Crippen LogP contribution in [-0.4, -0.2) is 57.2 Å². The number of nitrogens with one attached hydrogen (secondary N) is 1. The molecule has 27 heavy (non-hydrogen) atoms. The van der Waals surface area contributed by atoms with E-state index in [1.54, 1.807) is 19.1 Å². The first-order valence-corrected chi connectivity index (χ1v) is 9.75. The van der Waals surface area contributed by atoms with Crippen molar-refractivity contribution in [2.75, 3.05) is 40.5 Å². The molecule has 1 saturated heterocycles. The lowest BCUT2D eigenvalue weighted by Gasteiger charge is -2.18. The first-order chi connectivity index (χ1) is 13.1. The van der Waals surface area contributed by atoms with E-state index in [-0.39, 0.29) is 23.7 Å². The van der Waals surface area contributed by atoms with Gasteiger partial charge in [-0.15, -0.1) is 11.3 Å². The maximum Gasteiger partial charge on any atom is 0.263 e. The molecule has 3 rings (SSSR count). The highest BCUT2D eigenvalue weighted by Gasteiger charge is 2.40. The Hall–Kier alpha value is -2.38. The van der Waals surface area contributed by atoms with Crippen LogP contribution >= 0.6 is 11.3 Å². The van der Waals surface area contributed by atoms with E-state index in [9.17, 15) is 9.59 Å². The fourth-order valence-corrected chi connectivity index (χ4v) is 4.08. The lowest BCUT2D eigenvalue weighted by atomic mass is 9.88. The molecule has 1 aromatic heterocycles. The fourth-order valence-electron chi connectivity index (χ4n) is 3.39. The van der Waals surface area contributed by atoms with Gasteiger partial charge in [0.25, 0.3) is 5.91 Å². The summed E-state index contributed by atoms with van der Waals surface area (Å²) in [6.45, 7) is 1.85. The third-order valence-corrected chi connectivity index (χ3v) is 5.68. The van der Waals surface area contributed by atoms with Crippen molar-refractivity contribution in [2.24, 2.45) is 5.92 Å². The molecule has 0 saturated carbocycles. The largest absolute Gasteiger partial charge is 0.497 e. The van der Waals surface area contributed by atoms with Crippen molar-refractivity contribution in [1.82, 2.24) is 10.2 Å². The smallest absolute Gasteiger partial charge is 0.263 e. The minimum Gasteiger partial charge on any atom is -0.497 e. The molecule has 0 spiro atoms. The summed E-state index contributed by atoms with van der Waals surface area (Å²) in [6, 6.07) is 11.4. The van der Waals surface area contributed by atoms with Gasteiger partial charge in [-0.2, -0.15) is 0 Å². The summed E-state index contributed by atoms with van der Waals surface area (Å²) in [5.74, 6) is 0.357. The lowest BCUT2D eigenvalue weighted by Crippen LogP contribution is -2.37. The highest BCUT2D eigenvalue weighted by molar-refractivity contribution is 7.12. The summed E-state index contributed by atoms with van der Waals surface area (Å²) in [4.78, 5) is 28.0. The number of thiophene rings is 1. The van der Waals surface area contributed by atoms with Crippen LogP contribution in [0.1, 0.15) is 21.2 Å². The molecule has 7 heteroatoms. The van der Waals surface area contributed by atoms with Gasteiger partial charge in [0.05, 0.1) is 24.5 Å². The van der Waals surface area contributed by atoms with Crippen molar-refractivity contribution in [3.05, 3.63) is 52.2 Å². The van der Waals surface area contributed by atoms with Crippen LogP contribution in [-0.2, 0) is 9.53 Å². The van der Waals surface area contributed by atoms with E-state index < -0.39 is 0 Å². The zero-order valence-corrected chi connectivity index (χ0v) is 16.3. The van der Waals surface area contributed by atoms with E-state index in [1.807, 2.05) is 41.8 Å². The minimum atomic E-state index is -0.292. The number of nitrogens with zero attached hydrogens (tertiary/aromatic N) is 1. The normalized spacial score (nSPS) is 19.1. The lowest BCUT2D eigenvalue weighted by molar-refractivity contribution is -0.125. The van der Waals surface area contributed by atoms with Gasteiger partial charge in [0.15, 0.2) is 0 Å². The molecular weight excluding hydrogens is 364 g/mol. The number of hydrogen-bond donors (Lipinski definition) is 1. The van der Waals surface area contributed by atoms with Gasteiger partial charge in [-0.3, -0.25) is 9.59 Å². The molecule has 2 heterocycles. The van der Waals surface area contributed by atoms with Gasteiger partial charge in [0.1, 0.15) is 5.75 Å². The second kappa shape index (κ2) is 9.01. The molecule has 1 aliphatic rings. The number of rotatable bonds is 7. The molecule has 0 aliphatic carbocycles. The summed E-state index contributed by atoms with van der Waals surface area (Å²) in [6.07, 6.45) is 0. The van der Waals surface area contributed by atoms with Gasteiger partial charge in [0, 0.05) is 32.7 Å². The first-order valence-electron chi connectivity index (χ1n) is 8.87. The predicted octanol–water partition coefficient (Wildman–Crippen LogP) is 2.38. The van der Waals surface area contributed by atoms with Gasteiger partial charge in [-0.25, -0.2) is 0 Å². The van der Waals surface area contributed by atoms with Crippen LogP contribution in [0.25, 0.3) is 0 Å². The standard InChI is InChI=1S/C20H24N2O4S/c1-25-10-9-21-19(23)17-13-22(20(24)18-4-3-11-27-18)12-16(17)14-5-7-15(26-2)8-6-14/h3-8,11,16-17H,9-10,12-13H2,1-2H3,(H,21,23)/t16-,17+/m0/s1. The fraction of sp³-hybridized carbons (Fsp3) is 0.400.